The van der Waals surface area contributed by atoms with Crippen LogP contribution in [0.15, 0.2) is 121 Å². The number of hydrogen-bond acceptors (Lipinski definition) is 3. The third kappa shape index (κ3) is 4.68. The summed E-state index contributed by atoms with van der Waals surface area (Å²) in [5, 5.41) is 2.45. The molecule has 7 aromatic rings. The summed E-state index contributed by atoms with van der Waals surface area (Å²) in [4.78, 5) is 15.0. The van der Waals surface area contributed by atoms with E-state index >= 15 is 0 Å². The summed E-state index contributed by atoms with van der Waals surface area (Å²) >= 11 is 0. The first-order valence-corrected chi connectivity index (χ1v) is 18.2. The lowest BCUT2D eigenvalue weighted by molar-refractivity contribution is 0.0598. The summed E-state index contributed by atoms with van der Waals surface area (Å²) < 4.78 is 2.47. The van der Waals surface area contributed by atoms with Gasteiger partial charge in [-0.1, -0.05) is 98.3 Å². The first kappa shape index (κ1) is 28.9. The Morgan fingerprint density at radius 2 is 1.27 bits per heavy atom. The fourth-order valence-corrected chi connectivity index (χ4v) is 10.0. The second kappa shape index (κ2) is 11.2. The van der Waals surface area contributed by atoms with E-state index in [1.807, 2.05) is 36.4 Å². The van der Waals surface area contributed by atoms with Crippen LogP contribution in [0.3, 0.4) is 0 Å². The van der Waals surface area contributed by atoms with Gasteiger partial charge in [-0.05, 0) is 109 Å². The maximum absolute atomic E-state index is 5.03. The van der Waals surface area contributed by atoms with Crippen molar-refractivity contribution in [2.45, 2.75) is 57.8 Å². The molecule has 5 aromatic carbocycles. The summed E-state index contributed by atoms with van der Waals surface area (Å²) in [5.41, 5.74) is 10.4. The van der Waals surface area contributed by atoms with E-state index in [9.17, 15) is 0 Å². The predicted molar refractivity (Wildman–Crippen MR) is 200 cm³/mol. The van der Waals surface area contributed by atoms with Gasteiger partial charge in [-0.2, -0.15) is 0 Å². The number of benzene rings is 5. The minimum atomic E-state index is 0.591. The van der Waals surface area contributed by atoms with Crippen LogP contribution in [0.5, 0.6) is 0 Å². The lowest BCUT2D eigenvalue weighted by Crippen LogP contribution is -2.39. The van der Waals surface area contributed by atoms with Crippen LogP contribution in [-0.4, -0.2) is 19.5 Å². The number of nitrogens with zero attached hydrogens (tertiary/aromatic N) is 4. The molecule has 0 saturated heterocycles. The number of para-hydroxylation sites is 1. The Bertz CT molecular complexity index is 2300. The minimum absolute atomic E-state index is 0.591. The van der Waals surface area contributed by atoms with Crippen molar-refractivity contribution >= 4 is 21.8 Å². The molecule has 0 spiro atoms. The van der Waals surface area contributed by atoms with Gasteiger partial charge in [-0.25, -0.2) is 15.0 Å². The van der Waals surface area contributed by atoms with E-state index in [0.29, 0.717) is 22.9 Å². The van der Waals surface area contributed by atoms with Gasteiger partial charge >= 0.3 is 0 Å². The molecular formula is C45H40N4. The highest BCUT2D eigenvalue weighted by Crippen LogP contribution is 2.61. The number of aromatic nitrogens is 4. The normalized spacial score (nSPS) is 22.9. The zero-order valence-corrected chi connectivity index (χ0v) is 28.0. The molecule has 3 aliphatic rings. The minimum Gasteiger partial charge on any atom is -0.309 e. The highest BCUT2D eigenvalue weighted by atomic mass is 15.0. The van der Waals surface area contributed by atoms with E-state index in [2.05, 4.69) is 96.4 Å². The SMILES string of the molecule is C[C@@]12CCC[C@H]1[C@@H]1CCc3cc(-n4c5ccccc5c5cc(-c6nc(-c7ccccc7)nc(-c7ccccc7)n6)ccc54)ccc3[C@H]1CC2. The fraction of sp³-hybridized carbons (Fsp3) is 0.267. The molecule has 0 aliphatic heterocycles. The van der Waals surface area contributed by atoms with E-state index in [1.54, 1.807) is 11.1 Å². The van der Waals surface area contributed by atoms with Crippen LogP contribution in [0.25, 0.3) is 61.7 Å². The molecule has 4 nitrogen and oxygen atoms in total. The van der Waals surface area contributed by atoms with Gasteiger partial charge in [0.15, 0.2) is 17.5 Å². The molecule has 0 unspecified atom stereocenters. The van der Waals surface area contributed by atoms with Crippen molar-refractivity contribution in [3.63, 3.8) is 0 Å². The summed E-state index contributed by atoms with van der Waals surface area (Å²) in [7, 11) is 0. The molecule has 0 bridgehead atoms. The lowest BCUT2D eigenvalue weighted by Gasteiger charge is -2.49. The Labute approximate surface area is 287 Å². The molecule has 3 aliphatic carbocycles. The number of fused-ring (bicyclic) bond motifs is 8. The van der Waals surface area contributed by atoms with E-state index in [0.717, 1.165) is 34.4 Å². The predicted octanol–water partition coefficient (Wildman–Crippen LogP) is 11.2. The molecule has 2 fully saturated rings. The van der Waals surface area contributed by atoms with E-state index < -0.39 is 0 Å². The van der Waals surface area contributed by atoms with E-state index in [4.69, 9.17) is 15.0 Å². The molecule has 49 heavy (non-hydrogen) atoms. The van der Waals surface area contributed by atoms with E-state index in [1.165, 1.54) is 72.4 Å². The van der Waals surface area contributed by atoms with Crippen molar-refractivity contribution in [1.29, 1.82) is 0 Å². The standard InChI is InChI=1S/C45H40N4/c1-45-25-10-16-39(45)36-21-18-31-27-33(20-22-34(31)35(36)24-26-45)49-40-17-9-8-15-37(40)38-28-32(19-23-41(38)49)44-47-42(29-11-4-2-5-12-29)46-43(48-44)30-13-6-3-7-14-30/h2-9,11-15,17,19-20,22-23,27-28,35-36,39H,10,16,18,21,24-26H2,1H3/t35-,36-,39+,45+/m1/s1. The molecule has 2 saturated carbocycles. The zero-order valence-electron chi connectivity index (χ0n) is 28.0. The zero-order chi connectivity index (χ0) is 32.5. The Morgan fingerprint density at radius 1 is 0.592 bits per heavy atom. The number of aryl methyl sites for hydroxylation is 1. The second-order valence-electron chi connectivity index (χ2n) is 15.0. The molecule has 0 N–H and O–H groups in total. The summed E-state index contributed by atoms with van der Waals surface area (Å²) in [6.07, 6.45) is 9.62. The molecule has 240 valence electrons. The van der Waals surface area contributed by atoms with Gasteiger partial charge in [0, 0.05) is 33.2 Å². The molecule has 4 heteroatoms. The van der Waals surface area contributed by atoms with Crippen LogP contribution in [0.1, 0.15) is 62.5 Å². The van der Waals surface area contributed by atoms with Gasteiger partial charge in [0.1, 0.15) is 0 Å². The smallest absolute Gasteiger partial charge is 0.164 e. The van der Waals surface area contributed by atoms with Crippen LogP contribution in [0.2, 0.25) is 0 Å². The van der Waals surface area contributed by atoms with Crippen molar-refractivity contribution in [2.24, 2.45) is 17.3 Å². The molecule has 0 radical (unpaired) electrons. The fourth-order valence-electron chi connectivity index (χ4n) is 10.0. The monoisotopic (exact) mass is 636 g/mol. The Morgan fingerprint density at radius 3 is 2.02 bits per heavy atom. The third-order valence-corrected chi connectivity index (χ3v) is 12.4. The van der Waals surface area contributed by atoms with Crippen molar-refractivity contribution in [3.8, 4) is 39.9 Å². The van der Waals surface area contributed by atoms with Gasteiger partial charge in [0.05, 0.1) is 11.0 Å². The van der Waals surface area contributed by atoms with Gasteiger partial charge in [0.2, 0.25) is 0 Å². The highest BCUT2D eigenvalue weighted by Gasteiger charge is 2.50. The number of hydrogen-bond donors (Lipinski definition) is 0. The van der Waals surface area contributed by atoms with Crippen LogP contribution in [0.4, 0.5) is 0 Å². The van der Waals surface area contributed by atoms with Gasteiger partial charge in [0.25, 0.3) is 0 Å². The summed E-state index contributed by atoms with van der Waals surface area (Å²) in [5.74, 6) is 4.56. The van der Waals surface area contributed by atoms with Crippen molar-refractivity contribution in [1.82, 2.24) is 19.5 Å². The number of rotatable bonds is 4. The first-order chi connectivity index (χ1) is 24.1. The average Bonchev–Trinajstić information content (AvgIpc) is 3.73. The van der Waals surface area contributed by atoms with Crippen LogP contribution in [-0.2, 0) is 6.42 Å². The summed E-state index contributed by atoms with van der Waals surface area (Å²) in [6, 6.07) is 43.3. The van der Waals surface area contributed by atoms with Crippen LogP contribution in [0, 0.1) is 17.3 Å². The van der Waals surface area contributed by atoms with Gasteiger partial charge in [-0.15, -0.1) is 0 Å². The van der Waals surface area contributed by atoms with Crippen LogP contribution >= 0.6 is 0 Å². The molecular weight excluding hydrogens is 597 g/mol. The average molecular weight is 637 g/mol. The molecule has 4 atom stereocenters. The second-order valence-corrected chi connectivity index (χ2v) is 15.0. The molecule has 0 amide bonds. The topological polar surface area (TPSA) is 43.6 Å². The largest absolute Gasteiger partial charge is 0.309 e. The Kier molecular flexibility index (Phi) is 6.62. The van der Waals surface area contributed by atoms with Gasteiger partial charge < -0.3 is 4.57 Å². The molecule has 10 rings (SSSR count). The lowest BCUT2D eigenvalue weighted by atomic mass is 9.56. The maximum Gasteiger partial charge on any atom is 0.164 e. The molecule has 2 heterocycles. The first-order valence-electron chi connectivity index (χ1n) is 18.2. The third-order valence-electron chi connectivity index (χ3n) is 12.4. The Balaban J connectivity index is 1.08. The van der Waals surface area contributed by atoms with Crippen molar-refractivity contribution in [3.05, 3.63) is 132 Å². The highest BCUT2D eigenvalue weighted by molar-refractivity contribution is 6.10. The summed E-state index contributed by atoms with van der Waals surface area (Å²) in [6.45, 7) is 2.60. The van der Waals surface area contributed by atoms with Crippen LogP contribution < -0.4 is 0 Å². The quantitative estimate of drug-likeness (QED) is 0.193. The Hall–Kier alpha value is -5.09. The van der Waals surface area contributed by atoms with Gasteiger partial charge in [-0.3, -0.25) is 0 Å². The van der Waals surface area contributed by atoms with E-state index in [-0.39, 0.29) is 0 Å². The van der Waals surface area contributed by atoms with Crippen molar-refractivity contribution in [2.75, 3.05) is 0 Å². The van der Waals surface area contributed by atoms with Crippen molar-refractivity contribution < 1.29 is 0 Å². The maximum atomic E-state index is 5.03. The molecule has 2 aromatic heterocycles.